The van der Waals surface area contributed by atoms with E-state index in [0.29, 0.717) is 0 Å². The number of benzene rings is 1. The fourth-order valence-corrected chi connectivity index (χ4v) is 2.66. The Morgan fingerprint density at radius 3 is 2.84 bits per heavy atom. The molecule has 0 spiro atoms. The number of rotatable bonds is 5. The van der Waals surface area contributed by atoms with Crippen LogP contribution in [-0.4, -0.2) is 41.0 Å². The molecule has 1 aliphatic rings. The van der Waals surface area contributed by atoms with Crippen molar-refractivity contribution in [3.63, 3.8) is 0 Å². The lowest BCUT2D eigenvalue weighted by atomic mass is 10.2. The van der Waals surface area contributed by atoms with E-state index in [-0.39, 0.29) is 0 Å². The Labute approximate surface area is 113 Å². The van der Waals surface area contributed by atoms with Crippen molar-refractivity contribution in [2.45, 2.75) is 19.3 Å². The molecule has 0 atom stereocenters. The summed E-state index contributed by atoms with van der Waals surface area (Å²) < 4.78 is 0. The van der Waals surface area contributed by atoms with Crippen LogP contribution in [0.4, 0.5) is 5.82 Å². The first kappa shape index (κ1) is 12.4. The fraction of sp³-hybridized carbons (Fsp3) is 0.467. The molecule has 1 fully saturated rings. The van der Waals surface area contributed by atoms with E-state index < -0.39 is 0 Å². The van der Waals surface area contributed by atoms with Gasteiger partial charge in [-0.2, -0.15) is 0 Å². The average molecular weight is 256 g/mol. The maximum atomic E-state index is 4.34. The summed E-state index contributed by atoms with van der Waals surface area (Å²) in [6.45, 7) is 4.71. The maximum absolute atomic E-state index is 4.34. The maximum Gasteiger partial charge on any atom is 0.137 e. The van der Waals surface area contributed by atoms with Crippen molar-refractivity contribution >= 4 is 16.7 Å². The standard InChI is InChI=1S/C15H20N4/c1-2-7-14-13(6-1)15(18-12-17-14)16-8-5-11-19-9-3-4-10-19/h1-2,6-7,12H,3-5,8-11H2,(H,16,17,18). The molecule has 0 saturated carbocycles. The van der Waals surface area contributed by atoms with Crippen molar-refractivity contribution < 1.29 is 0 Å². The predicted molar refractivity (Wildman–Crippen MR) is 78.3 cm³/mol. The normalized spacial score (nSPS) is 16.0. The van der Waals surface area contributed by atoms with Crippen molar-refractivity contribution in [3.05, 3.63) is 30.6 Å². The van der Waals surface area contributed by atoms with Crippen LogP contribution in [0.3, 0.4) is 0 Å². The molecule has 100 valence electrons. The minimum Gasteiger partial charge on any atom is -0.369 e. The molecule has 1 N–H and O–H groups in total. The zero-order valence-corrected chi connectivity index (χ0v) is 11.2. The monoisotopic (exact) mass is 256 g/mol. The molecule has 0 unspecified atom stereocenters. The van der Waals surface area contributed by atoms with Gasteiger partial charge in [0.1, 0.15) is 12.1 Å². The lowest BCUT2D eigenvalue weighted by molar-refractivity contribution is 0.337. The summed E-state index contributed by atoms with van der Waals surface area (Å²) in [6.07, 6.45) is 5.53. The Hall–Kier alpha value is -1.68. The number of nitrogens with zero attached hydrogens (tertiary/aromatic N) is 3. The summed E-state index contributed by atoms with van der Waals surface area (Å²) in [5.41, 5.74) is 1.000. The molecule has 2 heterocycles. The van der Waals surface area contributed by atoms with Crippen LogP contribution in [0.15, 0.2) is 30.6 Å². The Morgan fingerprint density at radius 2 is 1.95 bits per heavy atom. The van der Waals surface area contributed by atoms with E-state index in [2.05, 4.69) is 26.3 Å². The van der Waals surface area contributed by atoms with E-state index in [4.69, 9.17) is 0 Å². The largest absolute Gasteiger partial charge is 0.369 e. The molecule has 3 rings (SSSR count). The van der Waals surface area contributed by atoms with Gasteiger partial charge in [-0.05, 0) is 51.0 Å². The lowest BCUT2D eigenvalue weighted by Crippen LogP contribution is -2.22. The third-order valence-electron chi connectivity index (χ3n) is 3.69. The molecular weight excluding hydrogens is 236 g/mol. The second kappa shape index (κ2) is 5.97. The highest BCUT2D eigenvalue weighted by Crippen LogP contribution is 2.18. The third-order valence-corrected chi connectivity index (χ3v) is 3.69. The fourth-order valence-electron chi connectivity index (χ4n) is 2.66. The van der Waals surface area contributed by atoms with E-state index in [9.17, 15) is 0 Å². The van der Waals surface area contributed by atoms with Gasteiger partial charge in [0.15, 0.2) is 0 Å². The van der Waals surface area contributed by atoms with Crippen molar-refractivity contribution in [1.29, 1.82) is 0 Å². The minimum atomic E-state index is 0.951. The first-order chi connectivity index (χ1) is 9.43. The molecule has 0 amide bonds. The van der Waals surface area contributed by atoms with Gasteiger partial charge in [-0.25, -0.2) is 9.97 Å². The van der Waals surface area contributed by atoms with Crippen LogP contribution in [0.2, 0.25) is 0 Å². The molecule has 1 aromatic carbocycles. The highest BCUT2D eigenvalue weighted by atomic mass is 15.1. The van der Waals surface area contributed by atoms with Gasteiger partial charge in [0.05, 0.1) is 5.52 Å². The zero-order chi connectivity index (χ0) is 12.9. The minimum absolute atomic E-state index is 0.951. The molecule has 4 nitrogen and oxygen atoms in total. The van der Waals surface area contributed by atoms with Crippen LogP contribution >= 0.6 is 0 Å². The summed E-state index contributed by atoms with van der Waals surface area (Å²) in [7, 11) is 0. The van der Waals surface area contributed by atoms with E-state index in [1.54, 1.807) is 6.33 Å². The van der Waals surface area contributed by atoms with Gasteiger partial charge in [-0.15, -0.1) is 0 Å². The molecule has 19 heavy (non-hydrogen) atoms. The topological polar surface area (TPSA) is 41.0 Å². The van der Waals surface area contributed by atoms with E-state index in [1.807, 2.05) is 18.2 Å². The molecule has 0 radical (unpaired) electrons. The number of likely N-dealkylation sites (tertiary alicyclic amines) is 1. The van der Waals surface area contributed by atoms with Crippen LogP contribution in [0.5, 0.6) is 0 Å². The van der Waals surface area contributed by atoms with Crippen LogP contribution in [-0.2, 0) is 0 Å². The first-order valence-electron chi connectivity index (χ1n) is 7.09. The number of anilines is 1. The second-order valence-electron chi connectivity index (χ2n) is 5.07. The summed E-state index contributed by atoms with van der Waals surface area (Å²) in [4.78, 5) is 11.2. The lowest BCUT2D eigenvalue weighted by Gasteiger charge is -2.14. The number of hydrogen-bond acceptors (Lipinski definition) is 4. The zero-order valence-electron chi connectivity index (χ0n) is 11.2. The summed E-state index contributed by atoms with van der Waals surface area (Å²) in [5, 5.41) is 4.54. The summed E-state index contributed by atoms with van der Waals surface area (Å²) in [6, 6.07) is 8.12. The van der Waals surface area contributed by atoms with E-state index in [1.165, 1.54) is 38.9 Å². The van der Waals surface area contributed by atoms with Crippen LogP contribution in [0, 0.1) is 0 Å². The van der Waals surface area contributed by atoms with Crippen molar-refractivity contribution in [1.82, 2.24) is 14.9 Å². The number of aromatic nitrogens is 2. The van der Waals surface area contributed by atoms with Gasteiger partial charge in [-0.3, -0.25) is 0 Å². The van der Waals surface area contributed by atoms with Gasteiger partial charge in [-0.1, -0.05) is 12.1 Å². The Balaban J connectivity index is 1.56. The Kier molecular flexibility index (Phi) is 3.89. The SMILES string of the molecule is c1ccc2c(NCCCN3CCCC3)ncnc2c1. The molecular formula is C15H20N4. The predicted octanol–water partition coefficient (Wildman–Crippen LogP) is 2.53. The molecule has 0 aliphatic carbocycles. The molecule has 0 bridgehead atoms. The Morgan fingerprint density at radius 1 is 1.11 bits per heavy atom. The van der Waals surface area contributed by atoms with Crippen molar-refractivity contribution in [2.75, 3.05) is 31.5 Å². The van der Waals surface area contributed by atoms with Crippen LogP contribution in [0.25, 0.3) is 10.9 Å². The number of hydrogen-bond donors (Lipinski definition) is 1. The highest BCUT2D eigenvalue weighted by Gasteiger charge is 2.10. The summed E-state index contributed by atoms with van der Waals surface area (Å²) in [5.74, 6) is 0.951. The van der Waals surface area contributed by atoms with Crippen LogP contribution in [0.1, 0.15) is 19.3 Å². The number of fused-ring (bicyclic) bond motifs is 1. The Bertz CT molecular complexity index is 529. The first-order valence-corrected chi connectivity index (χ1v) is 7.09. The summed E-state index contributed by atoms with van der Waals surface area (Å²) >= 11 is 0. The van der Waals surface area contributed by atoms with Gasteiger partial charge in [0.25, 0.3) is 0 Å². The molecule has 2 aromatic rings. The number of nitrogens with one attached hydrogen (secondary N) is 1. The molecule has 1 aromatic heterocycles. The van der Waals surface area contributed by atoms with E-state index >= 15 is 0 Å². The highest BCUT2D eigenvalue weighted by molar-refractivity contribution is 5.88. The van der Waals surface area contributed by atoms with Crippen LogP contribution < -0.4 is 5.32 Å². The average Bonchev–Trinajstić information content (AvgIpc) is 2.97. The van der Waals surface area contributed by atoms with Gasteiger partial charge in [0, 0.05) is 11.9 Å². The van der Waals surface area contributed by atoms with E-state index in [0.717, 1.165) is 23.3 Å². The second-order valence-corrected chi connectivity index (χ2v) is 5.07. The van der Waals surface area contributed by atoms with Crippen molar-refractivity contribution in [2.24, 2.45) is 0 Å². The third kappa shape index (κ3) is 3.01. The number of para-hydroxylation sites is 1. The molecule has 1 aliphatic heterocycles. The molecule has 1 saturated heterocycles. The van der Waals surface area contributed by atoms with Gasteiger partial charge in [0.2, 0.25) is 0 Å². The smallest absolute Gasteiger partial charge is 0.137 e. The van der Waals surface area contributed by atoms with Crippen molar-refractivity contribution in [3.8, 4) is 0 Å². The van der Waals surface area contributed by atoms with Gasteiger partial charge < -0.3 is 10.2 Å². The quantitative estimate of drug-likeness (QED) is 0.835. The molecule has 4 heteroatoms. The van der Waals surface area contributed by atoms with Gasteiger partial charge >= 0.3 is 0 Å².